The third kappa shape index (κ3) is 2.69. The smallest absolute Gasteiger partial charge is 0.183 e. The standard InChI is InChI=1S/C15H13Cl2NO2S/c16-10-3-1-9(2-4-10)13-14(18)15(13)21(19,20)12-7-5-11(17)6-8-12/h1-8,13-15H,18H2/t13-,14-,15-/m0/s1. The minimum atomic E-state index is -3.46. The molecule has 21 heavy (non-hydrogen) atoms. The van der Waals surface area contributed by atoms with Crippen molar-refractivity contribution in [2.24, 2.45) is 5.73 Å². The van der Waals surface area contributed by atoms with Crippen LogP contribution in [0.4, 0.5) is 0 Å². The number of sulfone groups is 1. The quantitative estimate of drug-likeness (QED) is 0.931. The van der Waals surface area contributed by atoms with Gasteiger partial charge in [-0.1, -0.05) is 35.3 Å². The van der Waals surface area contributed by atoms with Crippen LogP contribution in [0.1, 0.15) is 11.5 Å². The van der Waals surface area contributed by atoms with Gasteiger partial charge in [-0.05, 0) is 42.0 Å². The predicted molar refractivity (Wildman–Crippen MR) is 84.6 cm³/mol. The lowest BCUT2D eigenvalue weighted by molar-refractivity contribution is 0.593. The predicted octanol–water partition coefficient (Wildman–Crippen LogP) is 3.26. The van der Waals surface area contributed by atoms with Crippen molar-refractivity contribution in [2.75, 3.05) is 0 Å². The molecule has 6 heteroatoms. The molecule has 3 nitrogen and oxygen atoms in total. The molecule has 0 bridgehead atoms. The van der Waals surface area contributed by atoms with Gasteiger partial charge in [0.25, 0.3) is 0 Å². The van der Waals surface area contributed by atoms with Crippen molar-refractivity contribution >= 4 is 33.0 Å². The van der Waals surface area contributed by atoms with E-state index < -0.39 is 21.1 Å². The largest absolute Gasteiger partial charge is 0.326 e. The Morgan fingerprint density at radius 2 is 1.33 bits per heavy atom. The van der Waals surface area contributed by atoms with Gasteiger partial charge < -0.3 is 5.73 Å². The van der Waals surface area contributed by atoms with E-state index in [0.29, 0.717) is 10.0 Å². The second-order valence-electron chi connectivity index (χ2n) is 5.12. The van der Waals surface area contributed by atoms with Crippen molar-refractivity contribution in [2.45, 2.75) is 22.1 Å². The van der Waals surface area contributed by atoms with Gasteiger partial charge in [-0.2, -0.15) is 0 Å². The van der Waals surface area contributed by atoms with Gasteiger partial charge in [0, 0.05) is 22.0 Å². The van der Waals surface area contributed by atoms with Crippen LogP contribution in [0, 0.1) is 0 Å². The summed E-state index contributed by atoms with van der Waals surface area (Å²) in [5, 5.41) is 0.522. The monoisotopic (exact) mass is 341 g/mol. The highest BCUT2D eigenvalue weighted by Gasteiger charge is 2.57. The van der Waals surface area contributed by atoms with Gasteiger partial charge >= 0.3 is 0 Å². The Bertz CT molecular complexity index is 757. The zero-order valence-corrected chi connectivity index (χ0v) is 13.2. The van der Waals surface area contributed by atoms with Crippen molar-refractivity contribution in [3.63, 3.8) is 0 Å². The fourth-order valence-electron chi connectivity index (χ4n) is 2.58. The summed E-state index contributed by atoms with van der Waals surface area (Å²) >= 11 is 11.6. The number of hydrogen-bond donors (Lipinski definition) is 1. The molecule has 0 spiro atoms. The molecule has 0 aromatic heterocycles. The Kier molecular flexibility index (Phi) is 3.74. The molecule has 1 aliphatic carbocycles. The molecule has 0 amide bonds. The first-order valence-corrected chi connectivity index (χ1v) is 8.72. The molecule has 0 radical (unpaired) electrons. The van der Waals surface area contributed by atoms with Crippen LogP contribution in [0.3, 0.4) is 0 Å². The Balaban J connectivity index is 1.91. The molecule has 1 fully saturated rings. The molecular weight excluding hydrogens is 329 g/mol. The molecule has 2 aromatic rings. The minimum Gasteiger partial charge on any atom is -0.326 e. The summed E-state index contributed by atoms with van der Waals surface area (Å²) in [6, 6.07) is 12.9. The van der Waals surface area contributed by atoms with Gasteiger partial charge in [0.1, 0.15) is 0 Å². The maximum atomic E-state index is 12.6. The second-order valence-corrected chi connectivity index (χ2v) is 8.10. The summed E-state index contributed by atoms with van der Waals surface area (Å²) in [6.07, 6.45) is 0. The number of nitrogens with two attached hydrogens (primary N) is 1. The van der Waals surface area contributed by atoms with Crippen molar-refractivity contribution in [3.8, 4) is 0 Å². The first-order valence-electron chi connectivity index (χ1n) is 6.42. The lowest BCUT2D eigenvalue weighted by atomic mass is 10.1. The number of benzene rings is 2. The summed E-state index contributed by atoms with van der Waals surface area (Å²) in [4.78, 5) is 0.254. The van der Waals surface area contributed by atoms with Crippen LogP contribution in [0.2, 0.25) is 10.0 Å². The molecule has 3 rings (SSSR count). The number of halogens is 2. The van der Waals surface area contributed by atoms with Gasteiger partial charge in [-0.3, -0.25) is 0 Å². The van der Waals surface area contributed by atoms with E-state index >= 15 is 0 Å². The average molecular weight is 342 g/mol. The Morgan fingerprint density at radius 3 is 1.86 bits per heavy atom. The minimum absolute atomic E-state index is 0.192. The molecule has 0 saturated heterocycles. The van der Waals surface area contributed by atoms with Gasteiger partial charge in [-0.15, -0.1) is 0 Å². The summed E-state index contributed by atoms with van der Waals surface area (Å²) < 4.78 is 25.2. The first-order chi connectivity index (χ1) is 9.91. The van der Waals surface area contributed by atoms with E-state index in [0.717, 1.165) is 5.56 Å². The SMILES string of the molecule is N[C@H]1[C@H](c2ccc(Cl)cc2)[C@@H]1S(=O)(=O)c1ccc(Cl)cc1. The Morgan fingerprint density at radius 1 is 0.857 bits per heavy atom. The molecular formula is C15H13Cl2NO2S. The third-order valence-corrected chi connectivity index (χ3v) is 6.52. The zero-order chi connectivity index (χ0) is 15.2. The highest BCUT2D eigenvalue weighted by molar-refractivity contribution is 7.92. The fraction of sp³-hybridized carbons (Fsp3) is 0.200. The molecule has 1 saturated carbocycles. The molecule has 3 atom stereocenters. The van der Waals surface area contributed by atoms with E-state index in [4.69, 9.17) is 28.9 Å². The normalized spacial score (nSPS) is 24.8. The summed E-state index contributed by atoms with van der Waals surface area (Å²) in [5.74, 6) is -0.192. The van der Waals surface area contributed by atoms with Crippen LogP contribution in [0.5, 0.6) is 0 Å². The van der Waals surface area contributed by atoms with Gasteiger partial charge in [0.15, 0.2) is 9.84 Å². The fourth-order valence-corrected chi connectivity index (χ4v) is 4.88. The van der Waals surface area contributed by atoms with E-state index in [1.807, 2.05) is 12.1 Å². The summed E-state index contributed by atoms with van der Waals surface area (Å²) in [7, 11) is -3.46. The number of hydrogen-bond acceptors (Lipinski definition) is 3. The summed E-state index contributed by atoms with van der Waals surface area (Å²) in [6.45, 7) is 0. The zero-order valence-electron chi connectivity index (χ0n) is 10.9. The van der Waals surface area contributed by atoms with Crippen LogP contribution in [-0.4, -0.2) is 19.7 Å². The van der Waals surface area contributed by atoms with E-state index in [-0.39, 0.29) is 10.8 Å². The molecule has 2 aromatic carbocycles. The first kappa shape index (κ1) is 14.9. The van der Waals surface area contributed by atoms with Crippen LogP contribution >= 0.6 is 23.2 Å². The van der Waals surface area contributed by atoms with Crippen molar-refractivity contribution in [1.29, 1.82) is 0 Å². The second kappa shape index (κ2) is 5.29. The highest BCUT2D eigenvalue weighted by Crippen LogP contribution is 2.47. The van der Waals surface area contributed by atoms with Crippen LogP contribution < -0.4 is 5.73 Å². The van der Waals surface area contributed by atoms with Crippen LogP contribution in [0.25, 0.3) is 0 Å². The molecule has 1 aliphatic rings. The van der Waals surface area contributed by atoms with E-state index in [9.17, 15) is 8.42 Å². The van der Waals surface area contributed by atoms with Gasteiger partial charge in [-0.25, -0.2) is 8.42 Å². The Labute approximate surface area is 133 Å². The van der Waals surface area contributed by atoms with E-state index in [1.54, 1.807) is 24.3 Å². The summed E-state index contributed by atoms with van der Waals surface area (Å²) in [5.41, 5.74) is 6.89. The molecule has 0 aliphatic heterocycles. The van der Waals surface area contributed by atoms with Gasteiger partial charge in [0.2, 0.25) is 0 Å². The van der Waals surface area contributed by atoms with Crippen LogP contribution in [0.15, 0.2) is 53.4 Å². The average Bonchev–Trinajstić information content (AvgIpc) is 3.12. The maximum absolute atomic E-state index is 12.6. The molecule has 0 unspecified atom stereocenters. The topological polar surface area (TPSA) is 60.2 Å². The van der Waals surface area contributed by atoms with Crippen molar-refractivity contribution < 1.29 is 8.42 Å². The molecule has 110 valence electrons. The number of rotatable bonds is 3. The maximum Gasteiger partial charge on any atom is 0.183 e. The van der Waals surface area contributed by atoms with E-state index in [2.05, 4.69) is 0 Å². The van der Waals surface area contributed by atoms with Crippen molar-refractivity contribution in [3.05, 3.63) is 64.1 Å². The third-order valence-electron chi connectivity index (χ3n) is 3.76. The van der Waals surface area contributed by atoms with Crippen molar-refractivity contribution in [1.82, 2.24) is 0 Å². The Hall–Kier alpha value is -1.07. The molecule has 2 N–H and O–H groups in total. The van der Waals surface area contributed by atoms with Crippen LogP contribution in [-0.2, 0) is 9.84 Å². The van der Waals surface area contributed by atoms with Gasteiger partial charge in [0.05, 0.1) is 10.1 Å². The van der Waals surface area contributed by atoms with E-state index in [1.165, 1.54) is 12.1 Å². The molecule has 0 heterocycles. The lowest BCUT2D eigenvalue weighted by Gasteiger charge is -2.04. The lowest BCUT2D eigenvalue weighted by Crippen LogP contribution is -2.15. The highest BCUT2D eigenvalue weighted by atomic mass is 35.5.